The molecule has 1 rings (SSSR count). The second-order valence-corrected chi connectivity index (χ2v) is 4.57. The van der Waals surface area contributed by atoms with Crippen LogP contribution in [0.2, 0.25) is 0 Å². The summed E-state index contributed by atoms with van der Waals surface area (Å²) in [5, 5.41) is 5.33. The molecule has 0 saturated heterocycles. The van der Waals surface area contributed by atoms with Crippen LogP contribution in [0.3, 0.4) is 0 Å². The summed E-state index contributed by atoms with van der Waals surface area (Å²) < 4.78 is 0. The molecular weight excluding hydrogens is 228 g/mol. The van der Waals surface area contributed by atoms with Crippen LogP contribution in [0.1, 0.15) is 19.4 Å². The molecule has 0 radical (unpaired) electrons. The Labute approximate surface area is 108 Å². The maximum Gasteiger partial charge on any atom is 0.242 e. The zero-order chi connectivity index (χ0) is 13.5. The Morgan fingerprint density at radius 2 is 1.78 bits per heavy atom. The van der Waals surface area contributed by atoms with Gasteiger partial charge in [-0.3, -0.25) is 9.59 Å². The van der Waals surface area contributed by atoms with E-state index in [1.54, 1.807) is 7.05 Å². The maximum atomic E-state index is 11.9. The Hall–Kier alpha value is -1.84. The Morgan fingerprint density at radius 1 is 1.17 bits per heavy atom. The normalized spacial score (nSPS) is 12.0. The van der Waals surface area contributed by atoms with Gasteiger partial charge in [0.05, 0.1) is 6.42 Å². The predicted octanol–water partition coefficient (Wildman–Crippen LogP) is 1.12. The molecule has 18 heavy (non-hydrogen) atoms. The molecule has 4 nitrogen and oxygen atoms in total. The monoisotopic (exact) mass is 248 g/mol. The molecule has 0 saturated carbocycles. The lowest BCUT2D eigenvalue weighted by atomic mass is 10.0. The van der Waals surface area contributed by atoms with E-state index >= 15 is 0 Å². The Morgan fingerprint density at radius 3 is 2.28 bits per heavy atom. The van der Waals surface area contributed by atoms with E-state index in [0.29, 0.717) is 6.42 Å². The van der Waals surface area contributed by atoms with Crippen molar-refractivity contribution in [1.82, 2.24) is 10.6 Å². The number of rotatable bonds is 5. The van der Waals surface area contributed by atoms with Gasteiger partial charge in [0.25, 0.3) is 0 Å². The highest BCUT2D eigenvalue weighted by molar-refractivity contribution is 5.88. The Kier molecular flexibility index (Phi) is 5.36. The molecule has 1 unspecified atom stereocenters. The van der Waals surface area contributed by atoms with Gasteiger partial charge < -0.3 is 10.6 Å². The summed E-state index contributed by atoms with van der Waals surface area (Å²) in [4.78, 5) is 23.5. The van der Waals surface area contributed by atoms with E-state index in [-0.39, 0.29) is 17.7 Å². The van der Waals surface area contributed by atoms with Gasteiger partial charge in [0, 0.05) is 7.05 Å². The molecular formula is C14H20N2O2. The molecule has 1 aromatic rings. The summed E-state index contributed by atoms with van der Waals surface area (Å²) in [6, 6.07) is 8.99. The number of nitrogens with one attached hydrogen (secondary N) is 2. The molecule has 2 amide bonds. The van der Waals surface area contributed by atoms with Gasteiger partial charge in [-0.2, -0.15) is 0 Å². The number of carbonyl (C=O) groups excluding carboxylic acids is 2. The summed E-state index contributed by atoms with van der Waals surface area (Å²) in [6.07, 6.45) is 0.293. The molecule has 0 spiro atoms. The number of likely N-dealkylation sites (N-methyl/N-ethyl adjacent to an activating group) is 1. The first-order valence-corrected chi connectivity index (χ1v) is 6.09. The molecule has 0 aliphatic rings. The number of benzene rings is 1. The van der Waals surface area contributed by atoms with Crippen LogP contribution in [0.25, 0.3) is 0 Å². The Balaban J connectivity index is 2.60. The maximum absolute atomic E-state index is 11.9. The number of hydrogen-bond donors (Lipinski definition) is 2. The standard InChI is InChI=1S/C14H20N2O2/c1-10(2)13(14(18)15-3)16-12(17)9-11-7-5-4-6-8-11/h4-8,10,13H,9H2,1-3H3,(H,15,18)(H,16,17). The first-order chi connectivity index (χ1) is 8.54. The molecule has 1 atom stereocenters. The van der Waals surface area contributed by atoms with E-state index in [1.165, 1.54) is 0 Å². The molecule has 98 valence electrons. The van der Waals surface area contributed by atoms with E-state index in [2.05, 4.69) is 10.6 Å². The van der Waals surface area contributed by atoms with Gasteiger partial charge in [0.2, 0.25) is 11.8 Å². The smallest absolute Gasteiger partial charge is 0.242 e. The van der Waals surface area contributed by atoms with Crippen LogP contribution in [0.15, 0.2) is 30.3 Å². The van der Waals surface area contributed by atoms with Crippen molar-refractivity contribution in [3.63, 3.8) is 0 Å². The summed E-state index contributed by atoms with van der Waals surface area (Å²) in [5.41, 5.74) is 0.939. The zero-order valence-electron chi connectivity index (χ0n) is 11.1. The van der Waals surface area contributed by atoms with Crippen LogP contribution in [0.5, 0.6) is 0 Å². The van der Waals surface area contributed by atoms with Crippen LogP contribution in [0.4, 0.5) is 0 Å². The number of hydrogen-bond acceptors (Lipinski definition) is 2. The van der Waals surface area contributed by atoms with Crippen LogP contribution in [-0.4, -0.2) is 24.9 Å². The average Bonchev–Trinajstić information content (AvgIpc) is 2.36. The molecule has 0 aliphatic carbocycles. The first-order valence-electron chi connectivity index (χ1n) is 6.09. The summed E-state index contributed by atoms with van der Waals surface area (Å²) in [7, 11) is 1.57. The van der Waals surface area contributed by atoms with Gasteiger partial charge in [0.1, 0.15) is 6.04 Å². The molecule has 0 aromatic heterocycles. The van der Waals surface area contributed by atoms with E-state index in [1.807, 2.05) is 44.2 Å². The SMILES string of the molecule is CNC(=O)C(NC(=O)Cc1ccccc1)C(C)C. The molecule has 0 aliphatic heterocycles. The summed E-state index contributed by atoms with van der Waals surface area (Å²) in [5.74, 6) is -0.236. The minimum atomic E-state index is -0.480. The first kappa shape index (κ1) is 14.2. The molecule has 0 fully saturated rings. The fourth-order valence-electron chi connectivity index (χ4n) is 1.70. The van der Waals surface area contributed by atoms with Gasteiger partial charge in [-0.15, -0.1) is 0 Å². The largest absolute Gasteiger partial charge is 0.357 e. The third kappa shape index (κ3) is 4.20. The van der Waals surface area contributed by atoms with Gasteiger partial charge in [-0.25, -0.2) is 0 Å². The van der Waals surface area contributed by atoms with E-state index in [9.17, 15) is 9.59 Å². The Bertz CT molecular complexity index is 402. The van der Waals surface area contributed by atoms with E-state index in [0.717, 1.165) is 5.56 Å². The second-order valence-electron chi connectivity index (χ2n) is 4.57. The lowest BCUT2D eigenvalue weighted by Crippen LogP contribution is -2.49. The van der Waals surface area contributed by atoms with Crippen molar-refractivity contribution in [2.45, 2.75) is 26.3 Å². The van der Waals surface area contributed by atoms with E-state index < -0.39 is 6.04 Å². The lowest BCUT2D eigenvalue weighted by molar-refractivity contribution is -0.129. The highest BCUT2D eigenvalue weighted by atomic mass is 16.2. The third-order valence-electron chi connectivity index (χ3n) is 2.72. The molecule has 4 heteroatoms. The predicted molar refractivity (Wildman–Crippen MR) is 71.0 cm³/mol. The van der Waals surface area contributed by atoms with Gasteiger partial charge in [-0.1, -0.05) is 44.2 Å². The minimum Gasteiger partial charge on any atom is -0.357 e. The van der Waals surface area contributed by atoms with Crippen molar-refractivity contribution in [2.24, 2.45) is 5.92 Å². The fraction of sp³-hybridized carbons (Fsp3) is 0.429. The average molecular weight is 248 g/mol. The number of carbonyl (C=O) groups is 2. The van der Waals surface area contributed by atoms with Gasteiger partial charge in [0.15, 0.2) is 0 Å². The number of amides is 2. The quantitative estimate of drug-likeness (QED) is 0.820. The summed E-state index contributed by atoms with van der Waals surface area (Å²) >= 11 is 0. The van der Waals surface area contributed by atoms with Gasteiger partial charge >= 0.3 is 0 Å². The highest BCUT2D eigenvalue weighted by Gasteiger charge is 2.22. The van der Waals surface area contributed by atoms with Crippen molar-refractivity contribution in [3.8, 4) is 0 Å². The topological polar surface area (TPSA) is 58.2 Å². The molecule has 0 bridgehead atoms. The minimum absolute atomic E-state index is 0.0599. The lowest BCUT2D eigenvalue weighted by Gasteiger charge is -2.20. The van der Waals surface area contributed by atoms with Crippen molar-refractivity contribution in [3.05, 3.63) is 35.9 Å². The highest BCUT2D eigenvalue weighted by Crippen LogP contribution is 2.04. The molecule has 2 N–H and O–H groups in total. The van der Waals surface area contributed by atoms with Crippen LogP contribution in [-0.2, 0) is 16.0 Å². The van der Waals surface area contributed by atoms with Crippen molar-refractivity contribution in [2.75, 3.05) is 7.05 Å². The van der Waals surface area contributed by atoms with Crippen molar-refractivity contribution >= 4 is 11.8 Å². The van der Waals surface area contributed by atoms with Crippen molar-refractivity contribution in [1.29, 1.82) is 0 Å². The van der Waals surface area contributed by atoms with Crippen LogP contribution < -0.4 is 10.6 Å². The second kappa shape index (κ2) is 6.79. The zero-order valence-corrected chi connectivity index (χ0v) is 11.1. The van der Waals surface area contributed by atoms with Gasteiger partial charge in [-0.05, 0) is 11.5 Å². The van der Waals surface area contributed by atoms with Crippen molar-refractivity contribution < 1.29 is 9.59 Å². The summed E-state index contributed by atoms with van der Waals surface area (Å²) in [6.45, 7) is 3.81. The molecule has 1 aromatic carbocycles. The van der Waals surface area contributed by atoms with Crippen LogP contribution in [0, 0.1) is 5.92 Å². The van der Waals surface area contributed by atoms with Crippen LogP contribution >= 0.6 is 0 Å². The third-order valence-corrected chi connectivity index (χ3v) is 2.72. The fourth-order valence-corrected chi connectivity index (χ4v) is 1.70. The molecule has 0 heterocycles. The van der Waals surface area contributed by atoms with E-state index in [4.69, 9.17) is 0 Å².